The molecule has 0 aliphatic carbocycles. The SMILES string of the molecule is CCCCCCC/C=C\C/C=C\CCCCCCCCCCCCCCCCCC(=O)OC(COC(=O)CCCCCCC)COC(=O)CCCCCCCCCCCCCCCCCCCCCCC/C=C\CCCCCCCCCC. The Hall–Kier alpha value is -2.37. The molecule has 0 spiro atoms. The van der Waals surface area contributed by atoms with Crippen molar-refractivity contribution in [1.82, 2.24) is 0 Å². The standard InChI is InChI=1S/C77H144O6/c1-4-7-10-13-15-17-19-21-23-25-27-29-31-33-35-36-37-38-39-40-42-43-45-47-49-51-53-55-57-59-61-64-67-70-76(79)82-73-74(72-81-75(78)69-66-63-12-9-6-3)83-77(80)71-68-65-62-60-58-56-54-52-50-48-46-44-41-34-32-30-28-26-24-22-20-18-16-14-11-8-5-2/h20,22,25-28,74H,4-19,21,23-24,29-73H2,1-3H3/b22-20-,27-25-,28-26-. The molecule has 6 heteroatoms. The second-order valence-corrected chi connectivity index (χ2v) is 25.6. The third-order valence-electron chi connectivity index (χ3n) is 17.1. The Balaban J connectivity index is 3.88. The molecule has 0 aliphatic heterocycles. The van der Waals surface area contributed by atoms with E-state index in [0.29, 0.717) is 19.3 Å². The van der Waals surface area contributed by atoms with E-state index in [1.807, 2.05) is 0 Å². The summed E-state index contributed by atoms with van der Waals surface area (Å²) in [5, 5.41) is 0. The molecular weight excluding hydrogens is 1020 g/mol. The van der Waals surface area contributed by atoms with Crippen molar-refractivity contribution in [2.45, 2.75) is 425 Å². The van der Waals surface area contributed by atoms with Crippen LogP contribution < -0.4 is 0 Å². The number of ether oxygens (including phenoxy) is 3. The average molecular weight is 1170 g/mol. The topological polar surface area (TPSA) is 78.9 Å². The molecule has 488 valence electrons. The molecule has 0 heterocycles. The number of hydrogen-bond donors (Lipinski definition) is 0. The molecule has 0 N–H and O–H groups in total. The van der Waals surface area contributed by atoms with Gasteiger partial charge in [-0.15, -0.1) is 0 Å². The Labute approximate surface area is 518 Å². The Bertz CT molecular complexity index is 1380. The molecule has 0 saturated heterocycles. The van der Waals surface area contributed by atoms with Crippen LogP contribution in [0.25, 0.3) is 0 Å². The number of hydrogen-bond acceptors (Lipinski definition) is 6. The predicted octanol–water partition coefficient (Wildman–Crippen LogP) is 25.9. The van der Waals surface area contributed by atoms with E-state index < -0.39 is 6.10 Å². The zero-order chi connectivity index (χ0) is 59.9. The number of carbonyl (C=O) groups excluding carboxylic acids is 3. The highest BCUT2D eigenvalue weighted by Gasteiger charge is 2.19. The average Bonchev–Trinajstić information content (AvgIpc) is 3.49. The summed E-state index contributed by atoms with van der Waals surface area (Å²) in [6.45, 7) is 6.62. The molecule has 0 aliphatic rings. The number of allylic oxidation sites excluding steroid dienone is 6. The van der Waals surface area contributed by atoms with E-state index >= 15 is 0 Å². The summed E-state index contributed by atoms with van der Waals surface area (Å²) in [7, 11) is 0. The second-order valence-electron chi connectivity index (χ2n) is 25.6. The predicted molar refractivity (Wildman–Crippen MR) is 362 cm³/mol. The molecule has 0 aromatic rings. The van der Waals surface area contributed by atoms with Crippen molar-refractivity contribution < 1.29 is 28.6 Å². The van der Waals surface area contributed by atoms with Crippen molar-refractivity contribution in [2.75, 3.05) is 13.2 Å². The van der Waals surface area contributed by atoms with Crippen LogP contribution >= 0.6 is 0 Å². The van der Waals surface area contributed by atoms with Gasteiger partial charge in [0.15, 0.2) is 6.10 Å². The first kappa shape index (κ1) is 80.6. The first-order valence-corrected chi connectivity index (χ1v) is 37.5. The van der Waals surface area contributed by atoms with Crippen LogP contribution in [0.2, 0.25) is 0 Å². The third-order valence-corrected chi connectivity index (χ3v) is 17.1. The summed E-state index contributed by atoms with van der Waals surface area (Å²) in [6, 6.07) is 0. The normalized spacial score (nSPS) is 12.2. The Morgan fingerprint density at radius 1 is 0.241 bits per heavy atom. The van der Waals surface area contributed by atoms with Crippen LogP contribution in [0.15, 0.2) is 36.5 Å². The van der Waals surface area contributed by atoms with Crippen molar-refractivity contribution in [3.8, 4) is 0 Å². The van der Waals surface area contributed by atoms with Gasteiger partial charge in [-0.25, -0.2) is 0 Å². The van der Waals surface area contributed by atoms with Crippen LogP contribution in [-0.4, -0.2) is 37.2 Å². The highest BCUT2D eigenvalue weighted by Crippen LogP contribution is 2.19. The smallest absolute Gasteiger partial charge is 0.306 e. The fourth-order valence-electron chi connectivity index (χ4n) is 11.5. The van der Waals surface area contributed by atoms with Gasteiger partial charge < -0.3 is 14.2 Å². The van der Waals surface area contributed by atoms with E-state index in [-0.39, 0.29) is 31.1 Å². The maximum absolute atomic E-state index is 12.9. The molecule has 0 fully saturated rings. The third kappa shape index (κ3) is 70.3. The molecule has 0 radical (unpaired) electrons. The van der Waals surface area contributed by atoms with E-state index in [1.165, 1.54) is 308 Å². The van der Waals surface area contributed by atoms with E-state index in [0.717, 1.165) is 70.6 Å². The van der Waals surface area contributed by atoms with Gasteiger partial charge in [-0.2, -0.15) is 0 Å². The minimum atomic E-state index is -0.767. The Morgan fingerprint density at radius 3 is 0.675 bits per heavy atom. The summed E-state index contributed by atoms with van der Waals surface area (Å²) in [4.78, 5) is 38.1. The van der Waals surface area contributed by atoms with Crippen LogP contribution in [0.5, 0.6) is 0 Å². The Kier molecular flexibility index (Phi) is 70.0. The quantitative estimate of drug-likeness (QED) is 0.0261. The maximum Gasteiger partial charge on any atom is 0.306 e. The molecule has 1 atom stereocenters. The number of esters is 3. The molecule has 0 rings (SSSR count). The van der Waals surface area contributed by atoms with Crippen molar-refractivity contribution in [3.05, 3.63) is 36.5 Å². The first-order chi connectivity index (χ1) is 41.0. The van der Waals surface area contributed by atoms with Crippen LogP contribution in [-0.2, 0) is 28.6 Å². The molecule has 0 amide bonds. The number of carbonyl (C=O) groups is 3. The van der Waals surface area contributed by atoms with Crippen LogP contribution in [0.4, 0.5) is 0 Å². The molecule has 0 aromatic carbocycles. The highest BCUT2D eigenvalue weighted by atomic mass is 16.6. The van der Waals surface area contributed by atoms with Crippen LogP contribution in [0.1, 0.15) is 419 Å². The molecule has 0 saturated carbocycles. The highest BCUT2D eigenvalue weighted by molar-refractivity contribution is 5.71. The first-order valence-electron chi connectivity index (χ1n) is 37.5. The largest absolute Gasteiger partial charge is 0.462 e. The summed E-state index contributed by atoms with van der Waals surface area (Å²) in [5.41, 5.74) is 0. The van der Waals surface area contributed by atoms with Gasteiger partial charge in [-0.05, 0) is 77.0 Å². The minimum Gasteiger partial charge on any atom is -0.462 e. The summed E-state index contributed by atoms with van der Waals surface area (Å²) in [5.74, 6) is -0.854. The summed E-state index contributed by atoms with van der Waals surface area (Å²) >= 11 is 0. The van der Waals surface area contributed by atoms with E-state index in [2.05, 4.69) is 57.2 Å². The van der Waals surface area contributed by atoms with Gasteiger partial charge in [-0.1, -0.05) is 359 Å². The van der Waals surface area contributed by atoms with E-state index in [9.17, 15) is 14.4 Å². The summed E-state index contributed by atoms with van der Waals surface area (Å²) in [6.07, 6.45) is 91.2. The fraction of sp³-hybridized carbons (Fsp3) is 0.883. The lowest BCUT2D eigenvalue weighted by Crippen LogP contribution is -2.30. The second kappa shape index (κ2) is 72.1. The zero-order valence-corrected chi connectivity index (χ0v) is 56.2. The number of unbranched alkanes of at least 4 members (excludes halogenated alkanes) is 53. The van der Waals surface area contributed by atoms with E-state index in [1.54, 1.807) is 0 Å². The van der Waals surface area contributed by atoms with E-state index in [4.69, 9.17) is 14.2 Å². The lowest BCUT2D eigenvalue weighted by Gasteiger charge is -2.18. The lowest BCUT2D eigenvalue weighted by molar-refractivity contribution is -0.167. The maximum atomic E-state index is 12.9. The zero-order valence-electron chi connectivity index (χ0n) is 56.2. The van der Waals surface area contributed by atoms with Gasteiger partial charge in [0.05, 0.1) is 0 Å². The lowest BCUT2D eigenvalue weighted by atomic mass is 10.0. The van der Waals surface area contributed by atoms with Gasteiger partial charge in [0.2, 0.25) is 0 Å². The van der Waals surface area contributed by atoms with Crippen molar-refractivity contribution >= 4 is 17.9 Å². The van der Waals surface area contributed by atoms with Gasteiger partial charge in [0, 0.05) is 19.3 Å². The fourth-order valence-corrected chi connectivity index (χ4v) is 11.5. The molecule has 0 bridgehead atoms. The van der Waals surface area contributed by atoms with Crippen molar-refractivity contribution in [1.29, 1.82) is 0 Å². The van der Waals surface area contributed by atoms with Gasteiger partial charge in [-0.3, -0.25) is 14.4 Å². The van der Waals surface area contributed by atoms with Gasteiger partial charge in [0.1, 0.15) is 13.2 Å². The molecule has 0 aromatic heterocycles. The van der Waals surface area contributed by atoms with Crippen molar-refractivity contribution in [3.63, 3.8) is 0 Å². The monoisotopic (exact) mass is 1170 g/mol. The van der Waals surface area contributed by atoms with Crippen molar-refractivity contribution in [2.24, 2.45) is 0 Å². The van der Waals surface area contributed by atoms with Crippen LogP contribution in [0.3, 0.4) is 0 Å². The molecule has 83 heavy (non-hydrogen) atoms. The molecule has 6 nitrogen and oxygen atoms in total. The van der Waals surface area contributed by atoms with Gasteiger partial charge in [0.25, 0.3) is 0 Å². The van der Waals surface area contributed by atoms with Gasteiger partial charge >= 0.3 is 17.9 Å². The number of rotatable bonds is 70. The Morgan fingerprint density at radius 2 is 0.434 bits per heavy atom. The molecule has 1 unspecified atom stereocenters. The minimum absolute atomic E-state index is 0.0668. The summed E-state index contributed by atoms with van der Waals surface area (Å²) < 4.78 is 16.8. The van der Waals surface area contributed by atoms with Crippen LogP contribution in [0, 0.1) is 0 Å². The molecular formula is C77H144O6.